The largest absolute Gasteiger partial charge is 0.337 e. The summed E-state index contributed by atoms with van der Waals surface area (Å²) in [6, 6.07) is 7.77. The third-order valence-corrected chi connectivity index (χ3v) is 3.49. The van der Waals surface area contributed by atoms with E-state index in [1.165, 1.54) is 24.3 Å². The Balaban J connectivity index is 1.96. The monoisotopic (exact) mass is 327 g/mol. The number of halogens is 1. The first-order valence-corrected chi connectivity index (χ1v) is 7.14. The number of nitrogens with one attached hydrogen (secondary N) is 2. The van der Waals surface area contributed by atoms with E-state index in [1.807, 2.05) is 0 Å². The highest BCUT2D eigenvalue weighted by Gasteiger charge is 2.22. The van der Waals surface area contributed by atoms with Crippen LogP contribution in [0.2, 0.25) is 0 Å². The van der Waals surface area contributed by atoms with E-state index in [1.54, 1.807) is 36.1 Å². The second-order valence-electron chi connectivity index (χ2n) is 5.16. The van der Waals surface area contributed by atoms with Crippen molar-refractivity contribution in [2.45, 2.75) is 6.04 Å². The molecule has 122 valence electrons. The summed E-state index contributed by atoms with van der Waals surface area (Å²) in [6.07, 6.45) is 3.32. The molecule has 1 aromatic carbocycles. The molecule has 3 aromatic rings. The molecule has 8 heteroatoms. The zero-order chi connectivity index (χ0) is 17.1. The summed E-state index contributed by atoms with van der Waals surface area (Å²) in [6.45, 7) is 0. The van der Waals surface area contributed by atoms with Crippen LogP contribution in [-0.2, 0) is 7.05 Å². The van der Waals surface area contributed by atoms with Crippen LogP contribution >= 0.6 is 0 Å². The van der Waals surface area contributed by atoms with E-state index in [0.717, 1.165) is 0 Å². The maximum Gasteiger partial charge on any atom is 0.272 e. The van der Waals surface area contributed by atoms with Crippen LogP contribution in [0.1, 0.15) is 27.9 Å². The van der Waals surface area contributed by atoms with Crippen molar-refractivity contribution in [3.8, 4) is 0 Å². The van der Waals surface area contributed by atoms with Gasteiger partial charge in [-0.2, -0.15) is 5.10 Å². The number of amides is 1. The Kier molecular flexibility index (Phi) is 4.19. The lowest BCUT2D eigenvalue weighted by atomic mass is 10.1. The number of imidazole rings is 1. The van der Waals surface area contributed by atoms with Gasteiger partial charge in [-0.05, 0) is 23.8 Å². The molecule has 0 bridgehead atoms. The molecule has 7 nitrogen and oxygen atoms in total. The van der Waals surface area contributed by atoms with E-state index < -0.39 is 23.3 Å². The van der Waals surface area contributed by atoms with Crippen molar-refractivity contribution in [2.75, 3.05) is 0 Å². The van der Waals surface area contributed by atoms with E-state index in [9.17, 15) is 14.0 Å². The van der Waals surface area contributed by atoms with Crippen LogP contribution in [-0.4, -0.2) is 25.7 Å². The Hall–Kier alpha value is -3.29. The number of carbonyl (C=O) groups is 1. The Morgan fingerprint density at radius 1 is 1.33 bits per heavy atom. The molecule has 2 N–H and O–H groups in total. The normalized spacial score (nSPS) is 11.9. The number of hydrogen-bond acceptors (Lipinski definition) is 4. The van der Waals surface area contributed by atoms with Crippen LogP contribution in [0.15, 0.2) is 53.6 Å². The fourth-order valence-electron chi connectivity index (χ4n) is 2.31. The predicted octanol–water partition coefficient (Wildman–Crippen LogP) is 1.16. The highest BCUT2D eigenvalue weighted by Crippen LogP contribution is 2.21. The Bertz CT molecular complexity index is 913. The molecule has 0 spiro atoms. The van der Waals surface area contributed by atoms with Gasteiger partial charge in [0.05, 0.1) is 0 Å². The standard InChI is InChI=1S/C16H14FN5O2/c1-22-8-7-18-15(22)14(10-3-2-4-11(17)9-10)19-16(24)12-5-6-13(23)21-20-12/h2-9,14H,1H3,(H,19,24)(H,21,23). The van der Waals surface area contributed by atoms with Gasteiger partial charge in [-0.25, -0.2) is 14.5 Å². The van der Waals surface area contributed by atoms with E-state index in [2.05, 4.69) is 20.5 Å². The quantitative estimate of drug-likeness (QED) is 0.752. The maximum absolute atomic E-state index is 13.6. The zero-order valence-corrected chi connectivity index (χ0v) is 12.7. The minimum absolute atomic E-state index is 0.0465. The Labute approximate surface area is 136 Å². The van der Waals surface area contributed by atoms with Crippen molar-refractivity contribution < 1.29 is 9.18 Å². The van der Waals surface area contributed by atoms with Gasteiger partial charge in [0.2, 0.25) is 0 Å². The SMILES string of the molecule is Cn1ccnc1C(NC(=O)c1ccc(=O)[nH]n1)c1cccc(F)c1. The first kappa shape index (κ1) is 15.6. The number of aromatic nitrogens is 4. The van der Waals surface area contributed by atoms with Crippen LogP contribution < -0.4 is 10.9 Å². The predicted molar refractivity (Wildman–Crippen MR) is 83.8 cm³/mol. The van der Waals surface area contributed by atoms with Gasteiger partial charge in [0.1, 0.15) is 23.4 Å². The average molecular weight is 327 g/mol. The van der Waals surface area contributed by atoms with Crippen molar-refractivity contribution in [1.29, 1.82) is 0 Å². The third-order valence-electron chi connectivity index (χ3n) is 3.49. The van der Waals surface area contributed by atoms with Crippen molar-refractivity contribution in [2.24, 2.45) is 7.05 Å². The summed E-state index contributed by atoms with van der Waals surface area (Å²) in [5, 5.41) is 8.66. The molecule has 2 heterocycles. The van der Waals surface area contributed by atoms with Crippen LogP contribution in [0.3, 0.4) is 0 Å². The second-order valence-corrected chi connectivity index (χ2v) is 5.16. The number of rotatable bonds is 4. The van der Waals surface area contributed by atoms with Crippen molar-refractivity contribution in [3.63, 3.8) is 0 Å². The van der Waals surface area contributed by atoms with Crippen LogP contribution in [0.4, 0.5) is 4.39 Å². The highest BCUT2D eigenvalue weighted by atomic mass is 19.1. The summed E-state index contributed by atoms with van der Waals surface area (Å²) < 4.78 is 15.3. The number of aryl methyl sites for hydroxylation is 1. The fraction of sp³-hybridized carbons (Fsp3) is 0.125. The number of carbonyl (C=O) groups excluding carboxylic acids is 1. The topological polar surface area (TPSA) is 92.7 Å². The van der Waals surface area contributed by atoms with Crippen molar-refractivity contribution in [3.05, 3.63) is 82.0 Å². The molecule has 24 heavy (non-hydrogen) atoms. The van der Waals surface area contributed by atoms with Gasteiger partial charge in [-0.15, -0.1) is 0 Å². The van der Waals surface area contributed by atoms with Crippen LogP contribution in [0, 0.1) is 5.82 Å². The minimum Gasteiger partial charge on any atom is -0.337 e. The van der Waals surface area contributed by atoms with Gasteiger partial charge in [-0.3, -0.25) is 9.59 Å². The maximum atomic E-state index is 13.6. The Morgan fingerprint density at radius 3 is 2.79 bits per heavy atom. The van der Waals surface area contributed by atoms with E-state index in [-0.39, 0.29) is 5.69 Å². The third kappa shape index (κ3) is 3.22. The van der Waals surface area contributed by atoms with Gasteiger partial charge >= 0.3 is 0 Å². The molecule has 2 aromatic heterocycles. The lowest BCUT2D eigenvalue weighted by molar-refractivity contribution is 0.0935. The molecular formula is C16H14FN5O2. The molecule has 0 aliphatic rings. The first-order chi connectivity index (χ1) is 11.5. The van der Waals surface area contributed by atoms with Gasteiger partial charge < -0.3 is 9.88 Å². The lowest BCUT2D eigenvalue weighted by Gasteiger charge is -2.19. The number of H-pyrrole nitrogens is 1. The van der Waals surface area contributed by atoms with Gasteiger partial charge in [-0.1, -0.05) is 12.1 Å². The number of aromatic amines is 1. The molecule has 1 amide bonds. The van der Waals surface area contributed by atoms with Crippen LogP contribution in [0.25, 0.3) is 0 Å². The number of benzene rings is 1. The number of hydrogen-bond donors (Lipinski definition) is 2. The molecule has 3 rings (SSSR count). The summed E-state index contributed by atoms with van der Waals surface area (Å²) in [5.41, 5.74) is 0.185. The zero-order valence-electron chi connectivity index (χ0n) is 12.7. The summed E-state index contributed by atoms with van der Waals surface area (Å²) in [5.74, 6) is -0.384. The second kappa shape index (κ2) is 6.45. The van der Waals surface area contributed by atoms with Gasteiger partial charge in [0, 0.05) is 25.5 Å². The molecule has 1 unspecified atom stereocenters. The summed E-state index contributed by atoms with van der Waals surface area (Å²) in [4.78, 5) is 27.7. The van der Waals surface area contributed by atoms with E-state index >= 15 is 0 Å². The summed E-state index contributed by atoms with van der Waals surface area (Å²) >= 11 is 0. The molecule has 1 atom stereocenters. The molecular weight excluding hydrogens is 313 g/mol. The molecule has 0 saturated carbocycles. The van der Waals surface area contributed by atoms with Gasteiger partial charge in [0.25, 0.3) is 11.5 Å². The first-order valence-electron chi connectivity index (χ1n) is 7.14. The molecule has 0 aliphatic heterocycles. The molecule has 0 saturated heterocycles. The molecule has 0 radical (unpaired) electrons. The van der Waals surface area contributed by atoms with Gasteiger partial charge in [0.15, 0.2) is 0 Å². The average Bonchev–Trinajstić information content (AvgIpc) is 2.99. The van der Waals surface area contributed by atoms with E-state index in [0.29, 0.717) is 11.4 Å². The minimum atomic E-state index is -0.665. The summed E-state index contributed by atoms with van der Waals surface area (Å²) in [7, 11) is 1.78. The lowest BCUT2D eigenvalue weighted by Crippen LogP contribution is -2.32. The molecule has 0 fully saturated rings. The van der Waals surface area contributed by atoms with Crippen molar-refractivity contribution in [1.82, 2.24) is 25.1 Å². The van der Waals surface area contributed by atoms with Crippen molar-refractivity contribution >= 4 is 5.91 Å². The smallest absolute Gasteiger partial charge is 0.272 e. The Morgan fingerprint density at radius 2 is 2.17 bits per heavy atom. The van der Waals surface area contributed by atoms with E-state index in [4.69, 9.17) is 0 Å². The molecule has 0 aliphatic carbocycles. The highest BCUT2D eigenvalue weighted by molar-refractivity contribution is 5.92. The number of nitrogens with zero attached hydrogens (tertiary/aromatic N) is 3. The fourth-order valence-corrected chi connectivity index (χ4v) is 2.31. The van der Waals surface area contributed by atoms with Crippen LogP contribution in [0.5, 0.6) is 0 Å².